The van der Waals surface area contributed by atoms with E-state index < -0.39 is 0 Å². The summed E-state index contributed by atoms with van der Waals surface area (Å²) >= 11 is 0. The van der Waals surface area contributed by atoms with Crippen LogP contribution >= 0.6 is 0 Å². The van der Waals surface area contributed by atoms with Crippen LogP contribution in [-0.2, 0) is 11.2 Å². The van der Waals surface area contributed by atoms with E-state index in [1.54, 1.807) is 6.26 Å². The van der Waals surface area contributed by atoms with E-state index in [2.05, 4.69) is 11.9 Å². The van der Waals surface area contributed by atoms with Crippen LogP contribution in [-0.4, -0.2) is 34.9 Å². The van der Waals surface area contributed by atoms with Gasteiger partial charge in [-0.05, 0) is 30.9 Å². The number of nitrogens with zero attached hydrogens (tertiary/aromatic N) is 2. The Kier molecular flexibility index (Phi) is 4.76. The molecule has 0 radical (unpaired) electrons. The molecule has 1 aromatic carbocycles. The van der Waals surface area contributed by atoms with Gasteiger partial charge in [-0.15, -0.1) is 0 Å². The molecule has 1 aliphatic rings. The van der Waals surface area contributed by atoms with Gasteiger partial charge < -0.3 is 15.1 Å². The number of rotatable bonds is 4. The smallest absolute Gasteiger partial charge is 0.229 e. The fraction of sp³-hybridized carbons (Fsp3) is 0.444. The van der Waals surface area contributed by atoms with Gasteiger partial charge in [0.2, 0.25) is 11.8 Å². The normalized spacial score (nSPS) is 21.4. The molecular weight excluding hydrogens is 290 g/mol. The number of oxazole rings is 1. The molecule has 1 aromatic heterocycles. The van der Waals surface area contributed by atoms with Gasteiger partial charge in [0.1, 0.15) is 6.26 Å². The van der Waals surface area contributed by atoms with Crippen LogP contribution in [0.3, 0.4) is 0 Å². The number of piperidine rings is 1. The summed E-state index contributed by atoms with van der Waals surface area (Å²) in [5.74, 6) is 1.26. The standard InChI is InChI=1S/C18H23N3O2/c1-13-7-8-21(16(9-13)11-19)17(22)10-15-12-23-18(20-15)14-5-3-2-4-6-14/h2-6,12-13,16H,7-11,19H2,1H3. The fourth-order valence-corrected chi connectivity index (χ4v) is 3.16. The molecule has 0 aliphatic carbocycles. The quantitative estimate of drug-likeness (QED) is 0.941. The van der Waals surface area contributed by atoms with E-state index in [1.165, 1.54) is 0 Å². The van der Waals surface area contributed by atoms with Crippen LogP contribution in [0.4, 0.5) is 0 Å². The van der Waals surface area contributed by atoms with Crippen molar-refractivity contribution in [1.82, 2.24) is 9.88 Å². The largest absolute Gasteiger partial charge is 0.444 e. The molecule has 1 saturated heterocycles. The summed E-state index contributed by atoms with van der Waals surface area (Å²) in [5.41, 5.74) is 7.42. The van der Waals surface area contributed by atoms with Crippen molar-refractivity contribution < 1.29 is 9.21 Å². The highest BCUT2D eigenvalue weighted by molar-refractivity contribution is 5.79. The molecule has 5 nitrogen and oxygen atoms in total. The highest BCUT2D eigenvalue weighted by Gasteiger charge is 2.29. The summed E-state index contributed by atoms with van der Waals surface area (Å²) in [6.07, 6.45) is 3.86. The first kappa shape index (κ1) is 15.7. The first-order chi connectivity index (χ1) is 11.2. The highest BCUT2D eigenvalue weighted by Crippen LogP contribution is 2.23. The topological polar surface area (TPSA) is 72.4 Å². The van der Waals surface area contributed by atoms with Crippen LogP contribution in [0.15, 0.2) is 41.0 Å². The van der Waals surface area contributed by atoms with Crippen LogP contribution in [0.25, 0.3) is 11.5 Å². The van der Waals surface area contributed by atoms with E-state index in [0.717, 1.165) is 24.9 Å². The minimum absolute atomic E-state index is 0.0836. The number of hydrogen-bond acceptors (Lipinski definition) is 4. The van der Waals surface area contributed by atoms with Crippen LogP contribution in [0, 0.1) is 5.92 Å². The SMILES string of the molecule is CC1CCN(C(=O)Cc2coc(-c3ccccc3)n2)C(CN)C1. The van der Waals surface area contributed by atoms with E-state index in [9.17, 15) is 4.79 Å². The van der Waals surface area contributed by atoms with Crippen molar-refractivity contribution in [3.63, 3.8) is 0 Å². The molecule has 23 heavy (non-hydrogen) atoms. The fourth-order valence-electron chi connectivity index (χ4n) is 3.16. The van der Waals surface area contributed by atoms with Gasteiger partial charge in [-0.1, -0.05) is 25.1 Å². The Morgan fingerprint density at radius 2 is 2.17 bits per heavy atom. The monoisotopic (exact) mass is 313 g/mol. The number of aromatic nitrogens is 1. The molecule has 3 rings (SSSR count). The number of carbonyl (C=O) groups is 1. The Morgan fingerprint density at radius 1 is 1.39 bits per heavy atom. The summed E-state index contributed by atoms with van der Waals surface area (Å²) in [5, 5.41) is 0. The van der Waals surface area contributed by atoms with E-state index in [1.807, 2.05) is 35.2 Å². The van der Waals surface area contributed by atoms with Crippen LogP contribution in [0.5, 0.6) is 0 Å². The van der Waals surface area contributed by atoms with Gasteiger partial charge in [0.05, 0.1) is 12.1 Å². The predicted molar refractivity (Wildman–Crippen MR) is 88.6 cm³/mol. The lowest BCUT2D eigenvalue weighted by Crippen LogP contribution is -2.49. The zero-order valence-corrected chi connectivity index (χ0v) is 13.4. The van der Waals surface area contributed by atoms with Gasteiger partial charge in [0, 0.05) is 24.7 Å². The van der Waals surface area contributed by atoms with E-state index >= 15 is 0 Å². The Morgan fingerprint density at radius 3 is 2.91 bits per heavy atom. The predicted octanol–water partition coefficient (Wildman–Crippen LogP) is 2.47. The molecule has 0 bridgehead atoms. The Hall–Kier alpha value is -2.14. The van der Waals surface area contributed by atoms with Gasteiger partial charge >= 0.3 is 0 Å². The van der Waals surface area contributed by atoms with Gasteiger partial charge in [0.25, 0.3) is 0 Å². The van der Waals surface area contributed by atoms with E-state index in [0.29, 0.717) is 24.0 Å². The third kappa shape index (κ3) is 3.62. The minimum Gasteiger partial charge on any atom is -0.444 e. The molecule has 1 amide bonds. The molecule has 122 valence electrons. The number of likely N-dealkylation sites (tertiary alicyclic amines) is 1. The summed E-state index contributed by atoms with van der Waals surface area (Å²) in [6.45, 7) is 3.52. The molecule has 1 aliphatic heterocycles. The molecule has 1 fully saturated rings. The van der Waals surface area contributed by atoms with E-state index in [-0.39, 0.29) is 18.4 Å². The zero-order valence-electron chi connectivity index (χ0n) is 13.4. The maximum Gasteiger partial charge on any atom is 0.229 e. The molecular formula is C18H23N3O2. The van der Waals surface area contributed by atoms with Crippen molar-refractivity contribution in [2.45, 2.75) is 32.2 Å². The van der Waals surface area contributed by atoms with Gasteiger partial charge in [0.15, 0.2) is 0 Å². The van der Waals surface area contributed by atoms with Gasteiger partial charge in [-0.2, -0.15) is 0 Å². The molecule has 0 saturated carbocycles. The van der Waals surface area contributed by atoms with Crippen molar-refractivity contribution in [1.29, 1.82) is 0 Å². The number of benzene rings is 1. The molecule has 2 heterocycles. The summed E-state index contributed by atoms with van der Waals surface area (Å²) in [4.78, 5) is 18.9. The summed E-state index contributed by atoms with van der Waals surface area (Å²) in [6, 6.07) is 9.84. The van der Waals surface area contributed by atoms with Crippen molar-refractivity contribution in [3.8, 4) is 11.5 Å². The number of amides is 1. The van der Waals surface area contributed by atoms with Crippen molar-refractivity contribution in [2.24, 2.45) is 11.7 Å². The number of carbonyl (C=O) groups excluding carboxylic acids is 1. The molecule has 2 N–H and O–H groups in total. The third-order valence-corrected chi connectivity index (χ3v) is 4.48. The van der Waals surface area contributed by atoms with Crippen LogP contribution in [0.2, 0.25) is 0 Å². The van der Waals surface area contributed by atoms with Gasteiger partial charge in [-0.25, -0.2) is 4.98 Å². The second kappa shape index (κ2) is 6.96. The molecule has 2 atom stereocenters. The Bertz CT molecular complexity index is 653. The second-order valence-electron chi connectivity index (χ2n) is 6.29. The van der Waals surface area contributed by atoms with Crippen molar-refractivity contribution in [2.75, 3.05) is 13.1 Å². The van der Waals surface area contributed by atoms with Crippen LogP contribution in [0.1, 0.15) is 25.5 Å². The van der Waals surface area contributed by atoms with Crippen molar-refractivity contribution >= 4 is 5.91 Å². The van der Waals surface area contributed by atoms with Gasteiger partial charge in [-0.3, -0.25) is 4.79 Å². The summed E-state index contributed by atoms with van der Waals surface area (Å²) in [7, 11) is 0. The Balaban J connectivity index is 1.67. The maximum atomic E-state index is 12.6. The third-order valence-electron chi connectivity index (χ3n) is 4.48. The lowest BCUT2D eigenvalue weighted by molar-refractivity contribution is -0.134. The van der Waals surface area contributed by atoms with E-state index in [4.69, 9.17) is 10.2 Å². The zero-order chi connectivity index (χ0) is 16.2. The first-order valence-corrected chi connectivity index (χ1v) is 8.16. The lowest BCUT2D eigenvalue weighted by Gasteiger charge is -2.38. The van der Waals surface area contributed by atoms with Crippen LogP contribution < -0.4 is 5.73 Å². The molecule has 2 unspecified atom stereocenters. The number of nitrogens with two attached hydrogens (primary N) is 1. The average molecular weight is 313 g/mol. The lowest BCUT2D eigenvalue weighted by atomic mass is 9.92. The summed E-state index contributed by atoms with van der Waals surface area (Å²) < 4.78 is 5.50. The minimum atomic E-state index is 0.0836. The first-order valence-electron chi connectivity index (χ1n) is 8.16. The number of hydrogen-bond donors (Lipinski definition) is 1. The second-order valence-corrected chi connectivity index (χ2v) is 6.29. The Labute approximate surface area is 136 Å². The molecule has 2 aromatic rings. The molecule has 0 spiro atoms. The average Bonchev–Trinajstić information content (AvgIpc) is 3.04. The van der Waals surface area contributed by atoms with Crippen molar-refractivity contribution in [3.05, 3.63) is 42.3 Å². The maximum absolute atomic E-state index is 12.6. The highest BCUT2D eigenvalue weighted by atomic mass is 16.3. The molecule has 5 heteroatoms.